The minimum Gasteiger partial charge on any atom is -0.395 e. The molecule has 6 nitrogen and oxygen atoms in total. The molecule has 2 rings (SSSR count). The molecule has 0 aliphatic carbocycles. The highest BCUT2D eigenvalue weighted by Gasteiger charge is 2.56. The van der Waals surface area contributed by atoms with E-state index in [0.29, 0.717) is 6.42 Å². The lowest BCUT2D eigenvalue weighted by atomic mass is 10.0. The Hall–Kier alpha value is -0.240. The SMILES string of the molecule is OC[C@@H]1C[C@@H](O)[C@@H]2[C@@H](O)[C@@H](O)[C@H](CO)N12. The molecule has 0 radical (unpaired) electrons. The molecule has 0 saturated carbocycles. The fourth-order valence-electron chi connectivity index (χ4n) is 2.85. The number of fused-ring (bicyclic) bond motifs is 1. The summed E-state index contributed by atoms with van der Waals surface area (Å²) < 4.78 is 0. The van der Waals surface area contributed by atoms with Crippen molar-refractivity contribution >= 4 is 0 Å². The van der Waals surface area contributed by atoms with Crippen molar-refractivity contribution in [1.82, 2.24) is 4.90 Å². The zero-order valence-electron chi connectivity index (χ0n) is 8.27. The summed E-state index contributed by atoms with van der Waals surface area (Å²) in [5.74, 6) is 0. The Morgan fingerprint density at radius 1 is 1.00 bits per heavy atom. The maximum absolute atomic E-state index is 9.71. The second-order valence-electron chi connectivity index (χ2n) is 4.31. The van der Waals surface area contributed by atoms with Crippen molar-refractivity contribution in [3.63, 3.8) is 0 Å². The maximum atomic E-state index is 9.71. The highest BCUT2D eigenvalue weighted by Crippen LogP contribution is 2.37. The molecule has 0 bridgehead atoms. The van der Waals surface area contributed by atoms with Crippen LogP contribution in [0.3, 0.4) is 0 Å². The number of nitrogens with zero attached hydrogens (tertiary/aromatic N) is 1. The smallest absolute Gasteiger partial charge is 0.0995 e. The molecule has 0 aromatic heterocycles. The van der Waals surface area contributed by atoms with Crippen molar-refractivity contribution in [2.24, 2.45) is 0 Å². The minimum atomic E-state index is -1.07. The lowest BCUT2D eigenvalue weighted by Gasteiger charge is -2.28. The normalized spacial score (nSPS) is 51.0. The van der Waals surface area contributed by atoms with Gasteiger partial charge in [0, 0.05) is 6.04 Å². The monoisotopic (exact) mass is 219 g/mol. The van der Waals surface area contributed by atoms with Gasteiger partial charge in [-0.2, -0.15) is 0 Å². The maximum Gasteiger partial charge on any atom is 0.0995 e. The second kappa shape index (κ2) is 3.97. The third-order valence-electron chi connectivity index (χ3n) is 3.55. The van der Waals surface area contributed by atoms with E-state index in [1.54, 1.807) is 4.90 Å². The van der Waals surface area contributed by atoms with Gasteiger partial charge in [0.15, 0.2) is 0 Å². The van der Waals surface area contributed by atoms with Crippen LogP contribution in [0.2, 0.25) is 0 Å². The lowest BCUT2D eigenvalue weighted by molar-refractivity contribution is -0.00253. The largest absolute Gasteiger partial charge is 0.395 e. The Balaban J connectivity index is 2.24. The van der Waals surface area contributed by atoms with Gasteiger partial charge in [-0.05, 0) is 6.42 Å². The third kappa shape index (κ3) is 1.49. The number of rotatable bonds is 2. The van der Waals surface area contributed by atoms with Gasteiger partial charge in [0.05, 0.1) is 43.6 Å². The molecule has 5 N–H and O–H groups in total. The first-order chi connectivity index (χ1) is 7.11. The summed E-state index contributed by atoms with van der Waals surface area (Å²) >= 11 is 0. The number of aliphatic hydroxyl groups is 5. The van der Waals surface area contributed by atoms with Crippen LogP contribution in [0.4, 0.5) is 0 Å². The van der Waals surface area contributed by atoms with Crippen molar-refractivity contribution in [2.75, 3.05) is 13.2 Å². The lowest BCUT2D eigenvalue weighted by Crippen LogP contribution is -2.45. The van der Waals surface area contributed by atoms with Crippen LogP contribution in [-0.2, 0) is 0 Å². The predicted molar refractivity (Wildman–Crippen MR) is 50.0 cm³/mol. The van der Waals surface area contributed by atoms with Crippen LogP contribution in [0.5, 0.6) is 0 Å². The zero-order chi connectivity index (χ0) is 11.2. The van der Waals surface area contributed by atoms with Gasteiger partial charge in [-0.1, -0.05) is 0 Å². The van der Waals surface area contributed by atoms with Crippen LogP contribution in [-0.4, -0.2) is 80.1 Å². The summed E-state index contributed by atoms with van der Waals surface area (Å²) in [7, 11) is 0. The Labute approximate surface area is 87.4 Å². The van der Waals surface area contributed by atoms with Gasteiger partial charge in [0.2, 0.25) is 0 Å². The Morgan fingerprint density at radius 2 is 1.67 bits per heavy atom. The van der Waals surface area contributed by atoms with Gasteiger partial charge in [0.25, 0.3) is 0 Å². The van der Waals surface area contributed by atoms with Crippen LogP contribution in [0, 0.1) is 0 Å². The minimum absolute atomic E-state index is 0.149. The molecule has 0 spiro atoms. The molecule has 2 aliphatic heterocycles. The van der Waals surface area contributed by atoms with E-state index in [9.17, 15) is 15.3 Å². The van der Waals surface area contributed by atoms with Crippen molar-refractivity contribution in [1.29, 1.82) is 0 Å². The predicted octanol–water partition coefficient (Wildman–Crippen LogP) is -3.12. The van der Waals surface area contributed by atoms with Gasteiger partial charge >= 0.3 is 0 Å². The van der Waals surface area contributed by atoms with Crippen LogP contribution in [0.25, 0.3) is 0 Å². The highest BCUT2D eigenvalue weighted by atomic mass is 16.3. The summed E-state index contributed by atoms with van der Waals surface area (Å²) in [6, 6.07) is -1.47. The van der Waals surface area contributed by atoms with Gasteiger partial charge < -0.3 is 25.5 Å². The van der Waals surface area contributed by atoms with E-state index >= 15 is 0 Å². The summed E-state index contributed by atoms with van der Waals surface area (Å²) in [5, 5.41) is 47.3. The molecule has 0 aromatic carbocycles. The average molecular weight is 219 g/mol. The van der Waals surface area contributed by atoms with E-state index in [0.717, 1.165) is 0 Å². The Bertz CT molecular complexity index is 239. The second-order valence-corrected chi connectivity index (χ2v) is 4.31. The topological polar surface area (TPSA) is 104 Å². The molecule has 15 heavy (non-hydrogen) atoms. The Kier molecular flexibility index (Phi) is 2.98. The summed E-state index contributed by atoms with van der Waals surface area (Å²) in [6.45, 7) is -0.443. The summed E-state index contributed by atoms with van der Waals surface area (Å²) in [5.41, 5.74) is 0. The van der Waals surface area contributed by atoms with Gasteiger partial charge in [-0.15, -0.1) is 0 Å². The summed E-state index contributed by atoms with van der Waals surface area (Å²) in [4.78, 5) is 1.64. The molecule has 2 fully saturated rings. The van der Waals surface area contributed by atoms with Crippen LogP contribution >= 0.6 is 0 Å². The molecule has 0 amide bonds. The van der Waals surface area contributed by atoms with Gasteiger partial charge in [0.1, 0.15) is 0 Å². The molecule has 6 atom stereocenters. The van der Waals surface area contributed by atoms with Crippen LogP contribution in [0.1, 0.15) is 6.42 Å². The zero-order valence-corrected chi connectivity index (χ0v) is 8.27. The first kappa shape index (κ1) is 11.3. The molecule has 2 aliphatic rings. The standard InChI is InChI=1S/C9H17NO5/c11-2-4-1-6(13)7-9(15)8(14)5(3-12)10(4)7/h4-9,11-15H,1-3H2/t4-,5-,6+,7+,8-,9+/m0/s1. The Morgan fingerprint density at radius 3 is 2.20 bits per heavy atom. The number of aliphatic hydroxyl groups excluding tert-OH is 5. The molecule has 6 heteroatoms. The van der Waals surface area contributed by atoms with E-state index in [1.807, 2.05) is 0 Å². The molecule has 88 valence electrons. The first-order valence-corrected chi connectivity index (χ1v) is 5.15. The number of hydrogen-bond donors (Lipinski definition) is 5. The molecule has 0 unspecified atom stereocenters. The van der Waals surface area contributed by atoms with Gasteiger partial charge in [-0.25, -0.2) is 0 Å². The van der Waals surface area contributed by atoms with Crippen molar-refractivity contribution in [3.05, 3.63) is 0 Å². The fraction of sp³-hybridized carbons (Fsp3) is 1.00. The molecular weight excluding hydrogens is 202 g/mol. The van der Waals surface area contributed by atoms with E-state index < -0.39 is 30.4 Å². The van der Waals surface area contributed by atoms with Crippen molar-refractivity contribution in [3.8, 4) is 0 Å². The van der Waals surface area contributed by atoms with Crippen molar-refractivity contribution < 1.29 is 25.5 Å². The van der Waals surface area contributed by atoms with E-state index in [2.05, 4.69) is 0 Å². The third-order valence-corrected chi connectivity index (χ3v) is 3.55. The quantitative estimate of drug-likeness (QED) is 0.336. The highest BCUT2D eigenvalue weighted by molar-refractivity contribution is 5.10. The van der Waals surface area contributed by atoms with Crippen LogP contribution in [0.15, 0.2) is 0 Å². The average Bonchev–Trinajstić information content (AvgIpc) is 2.67. The summed E-state index contributed by atoms with van der Waals surface area (Å²) in [6.07, 6.45) is -2.53. The van der Waals surface area contributed by atoms with E-state index in [4.69, 9.17) is 10.2 Å². The van der Waals surface area contributed by atoms with Crippen molar-refractivity contribution in [2.45, 2.75) is 42.9 Å². The number of hydrogen-bond acceptors (Lipinski definition) is 6. The van der Waals surface area contributed by atoms with Crippen LogP contribution < -0.4 is 0 Å². The van der Waals surface area contributed by atoms with E-state index in [1.165, 1.54) is 0 Å². The molecule has 2 saturated heterocycles. The molecule has 2 heterocycles. The van der Waals surface area contributed by atoms with Gasteiger partial charge in [-0.3, -0.25) is 4.90 Å². The molecular formula is C9H17NO5. The van der Waals surface area contributed by atoms with E-state index in [-0.39, 0.29) is 19.3 Å². The first-order valence-electron chi connectivity index (χ1n) is 5.15. The fourth-order valence-corrected chi connectivity index (χ4v) is 2.85. The molecule has 0 aromatic rings.